The minimum Gasteiger partial charge on any atom is -0.372 e. The van der Waals surface area contributed by atoms with E-state index in [0.29, 0.717) is 0 Å². The largest absolute Gasteiger partial charge is 0.372 e. The molecule has 0 aliphatic heterocycles. The van der Waals surface area contributed by atoms with Crippen LogP contribution < -0.4 is 5.73 Å². The molecule has 0 aliphatic rings. The Morgan fingerprint density at radius 2 is 1.75 bits per heavy atom. The predicted molar refractivity (Wildman–Crippen MR) is 46.7 cm³/mol. The lowest BCUT2D eigenvalue weighted by Gasteiger charge is -1.89. The average Bonchev–Trinajstić information content (AvgIpc) is 2.07. The molecule has 3 nitrogen and oxygen atoms in total. The molecule has 0 unspecified atom stereocenters. The van der Waals surface area contributed by atoms with E-state index in [1.54, 1.807) is 6.92 Å². The van der Waals surface area contributed by atoms with Crippen molar-refractivity contribution in [2.75, 3.05) is 0 Å². The van der Waals surface area contributed by atoms with Gasteiger partial charge in [0, 0.05) is 5.56 Å². The van der Waals surface area contributed by atoms with Gasteiger partial charge in [0.25, 0.3) is 0 Å². The molecule has 0 bridgehead atoms. The van der Waals surface area contributed by atoms with Crippen molar-refractivity contribution in [3.05, 3.63) is 35.9 Å². The fraction of sp³-hybridized carbons (Fsp3) is 0.111. The van der Waals surface area contributed by atoms with Gasteiger partial charge in [0.15, 0.2) is 5.78 Å². The molecule has 0 heterocycles. The number of nitrogens with two attached hydrogens (primary N) is 1. The van der Waals surface area contributed by atoms with Gasteiger partial charge in [-0.2, -0.15) is 0 Å². The van der Waals surface area contributed by atoms with Gasteiger partial charge in [-0.1, -0.05) is 30.3 Å². The average molecular weight is 165 g/mol. The highest BCUT2D eigenvalue weighted by Crippen LogP contribution is 1.97. The number of Topliss-reactive ketones (excluding diaryl/α,β-unsaturated/α-hetero) is 1. The van der Waals surface area contributed by atoms with Crippen LogP contribution in [0.3, 0.4) is 0 Å². The molecule has 0 saturated carbocycles. The lowest BCUT2D eigenvalue weighted by atomic mass is 10.2. The monoisotopic (exact) mass is 165 g/mol. The molecule has 1 rings (SSSR count). The Balaban J connectivity index is 0.000000354. The standard InChI is InChI=1S/C8H8O.CH3NO/c1-7(9)8-5-3-2-4-6-8;2-1-3/h2-6H,1H3;1H,(H2,2,3). The molecular formula is C9H11NO2. The molecule has 1 aromatic carbocycles. The van der Waals surface area contributed by atoms with E-state index in [1.165, 1.54) is 0 Å². The van der Waals surface area contributed by atoms with Gasteiger partial charge in [-0.3, -0.25) is 9.59 Å². The number of primary amides is 1. The first kappa shape index (κ1) is 10.4. The second-order valence-electron chi connectivity index (χ2n) is 2.06. The predicted octanol–water partition coefficient (Wildman–Crippen LogP) is 0.991. The van der Waals surface area contributed by atoms with Gasteiger partial charge in [0.05, 0.1) is 0 Å². The van der Waals surface area contributed by atoms with E-state index < -0.39 is 0 Å². The van der Waals surface area contributed by atoms with Crippen LogP contribution in [0.1, 0.15) is 17.3 Å². The maximum atomic E-state index is 10.6. The number of hydrogen-bond acceptors (Lipinski definition) is 2. The summed E-state index contributed by atoms with van der Waals surface area (Å²) in [6, 6.07) is 9.23. The van der Waals surface area contributed by atoms with E-state index in [2.05, 4.69) is 5.73 Å². The first-order valence-electron chi connectivity index (χ1n) is 3.43. The Labute approximate surface area is 71.2 Å². The lowest BCUT2D eigenvalue weighted by Crippen LogP contribution is -1.88. The molecule has 0 radical (unpaired) electrons. The van der Waals surface area contributed by atoms with Crippen molar-refractivity contribution in [3.63, 3.8) is 0 Å². The van der Waals surface area contributed by atoms with Crippen molar-refractivity contribution in [3.8, 4) is 0 Å². The molecule has 0 saturated heterocycles. The van der Waals surface area contributed by atoms with Gasteiger partial charge in [0.2, 0.25) is 6.41 Å². The van der Waals surface area contributed by atoms with E-state index >= 15 is 0 Å². The van der Waals surface area contributed by atoms with E-state index in [-0.39, 0.29) is 12.2 Å². The van der Waals surface area contributed by atoms with E-state index in [9.17, 15) is 4.79 Å². The summed E-state index contributed by atoms with van der Waals surface area (Å²) in [7, 11) is 0. The molecule has 2 N–H and O–H groups in total. The SMILES string of the molecule is CC(=O)c1ccccc1.NC=O. The van der Waals surface area contributed by atoms with Gasteiger partial charge >= 0.3 is 0 Å². The van der Waals surface area contributed by atoms with Gasteiger partial charge in [-0.05, 0) is 6.92 Å². The minimum absolute atomic E-state index is 0.121. The third-order valence-electron chi connectivity index (χ3n) is 1.18. The van der Waals surface area contributed by atoms with Crippen LogP contribution in [0, 0.1) is 0 Å². The zero-order valence-electron chi connectivity index (χ0n) is 6.86. The Morgan fingerprint density at radius 1 is 1.33 bits per heavy atom. The van der Waals surface area contributed by atoms with Gasteiger partial charge < -0.3 is 5.73 Å². The molecule has 1 aromatic rings. The molecular weight excluding hydrogens is 154 g/mol. The highest BCUT2D eigenvalue weighted by Gasteiger charge is 1.92. The van der Waals surface area contributed by atoms with E-state index in [0.717, 1.165) is 5.56 Å². The summed E-state index contributed by atoms with van der Waals surface area (Å²) in [4.78, 5) is 19.2. The number of rotatable bonds is 1. The zero-order chi connectivity index (χ0) is 9.40. The smallest absolute Gasteiger partial charge is 0.204 e. The number of ketones is 1. The third kappa shape index (κ3) is 4.22. The second kappa shape index (κ2) is 6.09. The number of carbonyl (C=O) groups is 2. The first-order valence-corrected chi connectivity index (χ1v) is 3.43. The number of hydrogen-bond donors (Lipinski definition) is 1. The first-order chi connectivity index (χ1) is 5.72. The van der Waals surface area contributed by atoms with Crippen LogP contribution in [0.2, 0.25) is 0 Å². The van der Waals surface area contributed by atoms with Crippen LogP contribution in [0.4, 0.5) is 0 Å². The number of amides is 1. The van der Waals surface area contributed by atoms with Crippen molar-refractivity contribution in [1.29, 1.82) is 0 Å². The summed E-state index contributed by atoms with van der Waals surface area (Å²) in [5, 5.41) is 0. The van der Waals surface area contributed by atoms with Gasteiger partial charge in [-0.15, -0.1) is 0 Å². The maximum Gasteiger partial charge on any atom is 0.204 e. The molecule has 64 valence electrons. The zero-order valence-corrected chi connectivity index (χ0v) is 6.86. The molecule has 0 atom stereocenters. The summed E-state index contributed by atoms with van der Waals surface area (Å²) in [5.74, 6) is 0.121. The van der Waals surface area contributed by atoms with Crippen LogP contribution in [0.15, 0.2) is 30.3 Å². The normalized spacial score (nSPS) is 7.75. The summed E-state index contributed by atoms with van der Waals surface area (Å²) in [5.41, 5.74) is 4.94. The molecule has 1 amide bonds. The number of carbonyl (C=O) groups excluding carboxylic acids is 2. The van der Waals surface area contributed by atoms with Crippen LogP contribution >= 0.6 is 0 Å². The van der Waals surface area contributed by atoms with E-state index in [4.69, 9.17) is 4.79 Å². The van der Waals surface area contributed by atoms with Crippen molar-refractivity contribution in [2.24, 2.45) is 5.73 Å². The summed E-state index contributed by atoms with van der Waals surface area (Å²) in [6.45, 7) is 1.56. The van der Waals surface area contributed by atoms with Crippen molar-refractivity contribution < 1.29 is 9.59 Å². The minimum atomic E-state index is 0.121. The molecule has 12 heavy (non-hydrogen) atoms. The van der Waals surface area contributed by atoms with Gasteiger partial charge in [-0.25, -0.2) is 0 Å². The Kier molecular flexibility index (Phi) is 5.26. The Bertz CT molecular complexity index is 244. The summed E-state index contributed by atoms with van der Waals surface area (Å²) in [6.07, 6.45) is 0.250. The lowest BCUT2D eigenvalue weighted by molar-refractivity contribution is -0.106. The van der Waals surface area contributed by atoms with Crippen LogP contribution in [-0.2, 0) is 4.79 Å². The van der Waals surface area contributed by atoms with Crippen molar-refractivity contribution in [2.45, 2.75) is 6.92 Å². The number of benzene rings is 1. The molecule has 3 heteroatoms. The molecule has 0 spiro atoms. The highest BCUT2D eigenvalue weighted by molar-refractivity contribution is 5.93. The Hall–Kier alpha value is -1.64. The summed E-state index contributed by atoms with van der Waals surface area (Å²) >= 11 is 0. The third-order valence-corrected chi connectivity index (χ3v) is 1.18. The highest BCUT2D eigenvalue weighted by atomic mass is 16.1. The van der Waals surface area contributed by atoms with Crippen LogP contribution in [0.25, 0.3) is 0 Å². The molecule has 0 fully saturated rings. The van der Waals surface area contributed by atoms with Crippen LogP contribution in [-0.4, -0.2) is 12.2 Å². The topological polar surface area (TPSA) is 60.2 Å². The maximum absolute atomic E-state index is 10.6. The van der Waals surface area contributed by atoms with Gasteiger partial charge in [0.1, 0.15) is 0 Å². The summed E-state index contributed by atoms with van der Waals surface area (Å²) < 4.78 is 0. The quantitative estimate of drug-likeness (QED) is 0.498. The molecule has 0 aliphatic carbocycles. The fourth-order valence-electron chi connectivity index (χ4n) is 0.673. The fourth-order valence-corrected chi connectivity index (χ4v) is 0.673. The van der Waals surface area contributed by atoms with Crippen molar-refractivity contribution >= 4 is 12.2 Å². The molecule has 0 aromatic heterocycles. The van der Waals surface area contributed by atoms with E-state index in [1.807, 2.05) is 30.3 Å². The Morgan fingerprint density at radius 3 is 2.00 bits per heavy atom. The van der Waals surface area contributed by atoms with Crippen LogP contribution in [0.5, 0.6) is 0 Å². The second-order valence-corrected chi connectivity index (χ2v) is 2.06. The van der Waals surface area contributed by atoms with Crippen molar-refractivity contribution in [1.82, 2.24) is 0 Å².